The molecule has 0 saturated carbocycles. The largest absolute Gasteiger partial charge is 0.481 e. The summed E-state index contributed by atoms with van der Waals surface area (Å²) >= 11 is 0. The molecule has 22 heavy (non-hydrogen) atoms. The summed E-state index contributed by atoms with van der Waals surface area (Å²) in [6, 6.07) is 12.0. The Morgan fingerprint density at radius 3 is 2.55 bits per heavy atom. The van der Waals surface area contributed by atoms with Gasteiger partial charge < -0.3 is 5.11 Å². The number of carboxylic acids is 1. The molecule has 0 atom stereocenters. The molecule has 0 bridgehead atoms. The highest BCUT2D eigenvalue weighted by Gasteiger charge is 2.09. The number of benzene rings is 1. The summed E-state index contributed by atoms with van der Waals surface area (Å²) in [5.41, 5.74) is 1.94. The van der Waals surface area contributed by atoms with Crippen LogP contribution in [0.1, 0.15) is 17.7 Å². The Hall–Kier alpha value is -2.27. The SMILES string of the molecule is O=C(O)CCN(CCc1ccccn1)Cc1ccc(F)cc1. The maximum atomic E-state index is 12.9. The molecule has 4 nitrogen and oxygen atoms in total. The van der Waals surface area contributed by atoms with Gasteiger partial charge in [0.05, 0.1) is 6.42 Å². The van der Waals surface area contributed by atoms with Gasteiger partial charge in [0.15, 0.2) is 0 Å². The van der Waals surface area contributed by atoms with Crippen molar-refractivity contribution < 1.29 is 14.3 Å². The van der Waals surface area contributed by atoms with Crippen molar-refractivity contribution in [1.82, 2.24) is 9.88 Å². The lowest BCUT2D eigenvalue weighted by molar-refractivity contribution is -0.137. The molecule has 1 N–H and O–H groups in total. The van der Waals surface area contributed by atoms with Crippen LogP contribution in [0.25, 0.3) is 0 Å². The summed E-state index contributed by atoms with van der Waals surface area (Å²) in [5, 5.41) is 8.86. The fourth-order valence-electron chi connectivity index (χ4n) is 2.19. The number of carboxylic acid groups (broad SMARTS) is 1. The molecule has 2 rings (SSSR count). The average molecular weight is 302 g/mol. The van der Waals surface area contributed by atoms with Gasteiger partial charge in [-0.05, 0) is 29.8 Å². The molecule has 1 heterocycles. The molecule has 0 unspecified atom stereocenters. The Bertz CT molecular complexity index is 587. The lowest BCUT2D eigenvalue weighted by Gasteiger charge is -2.21. The van der Waals surface area contributed by atoms with Crippen molar-refractivity contribution in [2.24, 2.45) is 0 Å². The molecular formula is C17H19FN2O2. The van der Waals surface area contributed by atoms with Crippen LogP contribution in [0.4, 0.5) is 4.39 Å². The maximum absolute atomic E-state index is 12.9. The minimum absolute atomic E-state index is 0.0867. The molecule has 0 saturated heterocycles. The molecule has 0 aliphatic carbocycles. The second-order valence-corrected chi connectivity index (χ2v) is 5.12. The van der Waals surface area contributed by atoms with Gasteiger partial charge in [-0.2, -0.15) is 0 Å². The van der Waals surface area contributed by atoms with Crippen molar-refractivity contribution in [3.05, 3.63) is 65.7 Å². The van der Waals surface area contributed by atoms with Crippen LogP contribution in [0.3, 0.4) is 0 Å². The third-order valence-electron chi connectivity index (χ3n) is 3.37. The quantitative estimate of drug-likeness (QED) is 0.814. The third-order valence-corrected chi connectivity index (χ3v) is 3.37. The molecule has 0 aliphatic heterocycles. The molecule has 116 valence electrons. The number of rotatable bonds is 8. The van der Waals surface area contributed by atoms with Gasteiger partial charge in [-0.25, -0.2) is 4.39 Å². The Morgan fingerprint density at radius 1 is 1.14 bits per heavy atom. The number of nitrogens with zero attached hydrogens (tertiary/aromatic N) is 2. The van der Waals surface area contributed by atoms with Gasteiger partial charge in [-0.3, -0.25) is 14.7 Å². The predicted molar refractivity (Wildman–Crippen MR) is 81.9 cm³/mol. The number of hydrogen-bond acceptors (Lipinski definition) is 3. The van der Waals surface area contributed by atoms with Crippen molar-refractivity contribution in [2.75, 3.05) is 13.1 Å². The third kappa shape index (κ3) is 5.61. The van der Waals surface area contributed by atoms with E-state index >= 15 is 0 Å². The summed E-state index contributed by atoms with van der Waals surface area (Å²) in [4.78, 5) is 17.1. The highest BCUT2D eigenvalue weighted by Crippen LogP contribution is 2.08. The van der Waals surface area contributed by atoms with E-state index in [1.54, 1.807) is 18.3 Å². The zero-order valence-electron chi connectivity index (χ0n) is 12.3. The Kier molecular flexibility index (Phi) is 6.03. The van der Waals surface area contributed by atoms with Crippen LogP contribution < -0.4 is 0 Å². The molecule has 2 aromatic rings. The molecule has 0 spiro atoms. The first-order valence-electron chi connectivity index (χ1n) is 7.22. The zero-order chi connectivity index (χ0) is 15.8. The Labute approximate surface area is 129 Å². The van der Waals surface area contributed by atoms with Gasteiger partial charge >= 0.3 is 5.97 Å². The molecule has 0 aliphatic rings. The predicted octanol–water partition coefficient (Wildman–Crippen LogP) is 2.74. The molecule has 5 heteroatoms. The van der Waals surface area contributed by atoms with Crippen molar-refractivity contribution in [3.63, 3.8) is 0 Å². The van der Waals surface area contributed by atoms with Crippen molar-refractivity contribution in [2.45, 2.75) is 19.4 Å². The minimum atomic E-state index is -0.818. The van der Waals surface area contributed by atoms with E-state index in [9.17, 15) is 9.18 Å². The van der Waals surface area contributed by atoms with E-state index in [0.29, 0.717) is 19.6 Å². The second-order valence-electron chi connectivity index (χ2n) is 5.12. The van der Waals surface area contributed by atoms with E-state index in [0.717, 1.165) is 17.7 Å². The first kappa shape index (κ1) is 16.1. The fourth-order valence-corrected chi connectivity index (χ4v) is 2.19. The Morgan fingerprint density at radius 2 is 1.91 bits per heavy atom. The number of pyridine rings is 1. The highest BCUT2D eigenvalue weighted by atomic mass is 19.1. The van der Waals surface area contributed by atoms with Crippen LogP contribution in [-0.2, 0) is 17.8 Å². The minimum Gasteiger partial charge on any atom is -0.481 e. The summed E-state index contributed by atoms with van der Waals surface area (Å²) in [7, 11) is 0. The molecule has 0 radical (unpaired) electrons. The number of aliphatic carboxylic acids is 1. The summed E-state index contributed by atoms with van der Waals surface area (Å²) in [5.74, 6) is -1.09. The van der Waals surface area contributed by atoms with Crippen LogP contribution in [0, 0.1) is 5.82 Å². The highest BCUT2D eigenvalue weighted by molar-refractivity contribution is 5.66. The molecule has 1 aromatic heterocycles. The van der Waals surface area contributed by atoms with Crippen LogP contribution in [0.5, 0.6) is 0 Å². The van der Waals surface area contributed by atoms with Crippen LogP contribution in [-0.4, -0.2) is 34.0 Å². The number of carbonyl (C=O) groups is 1. The summed E-state index contributed by atoms with van der Waals surface area (Å²) in [6.45, 7) is 1.77. The van der Waals surface area contributed by atoms with Crippen molar-refractivity contribution in [1.29, 1.82) is 0 Å². The Balaban J connectivity index is 1.95. The van der Waals surface area contributed by atoms with Gasteiger partial charge in [-0.1, -0.05) is 18.2 Å². The summed E-state index contributed by atoms with van der Waals surface area (Å²) in [6.07, 6.45) is 2.59. The van der Waals surface area contributed by atoms with E-state index in [1.807, 2.05) is 18.2 Å². The smallest absolute Gasteiger partial charge is 0.304 e. The standard InChI is InChI=1S/C17H19FN2O2/c18-15-6-4-14(5-7-15)13-20(12-9-17(21)22)11-8-16-3-1-2-10-19-16/h1-7,10H,8-9,11-13H2,(H,21,22). The van der Waals surface area contributed by atoms with Crippen molar-refractivity contribution in [3.8, 4) is 0 Å². The van der Waals surface area contributed by atoms with Crippen LogP contribution in [0.2, 0.25) is 0 Å². The molecular weight excluding hydrogens is 283 g/mol. The molecule has 0 fully saturated rings. The number of hydrogen-bond donors (Lipinski definition) is 1. The maximum Gasteiger partial charge on any atom is 0.304 e. The summed E-state index contributed by atoms with van der Waals surface area (Å²) < 4.78 is 12.9. The van der Waals surface area contributed by atoms with E-state index in [1.165, 1.54) is 12.1 Å². The van der Waals surface area contributed by atoms with E-state index in [-0.39, 0.29) is 12.2 Å². The topological polar surface area (TPSA) is 53.4 Å². The normalized spacial score (nSPS) is 10.8. The van der Waals surface area contributed by atoms with E-state index in [2.05, 4.69) is 9.88 Å². The van der Waals surface area contributed by atoms with E-state index in [4.69, 9.17) is 5.11 Å². The van der Waals surface area contributed by atoms with E-state index < -0.39 is 5.97 Å². The van der Waals surface area contributed by atoms with Gasteiger partial charge in [-0.15, -0.1) is 0 Å². The lowest BCUT2D eigenvalue weighted by atomic mass is 10.2. The molecule has 0 amide bonds. The average Bonchev–Trinajstić information content (AvgIpc) is 2.53. The van der Waals surface area contributed by atoms with Crippen LogP contribution in [0.15, 0.2) is 48.7 Å². The van der Waals surface area contributed by atoms with Crippen LogP contribution >= 0.6 is 0 Å². The van der Waals surface area contributed by atoms with Gasteiger partial charge in [0.1, 0.15) is 5.82 Å². The second kappa shape index (κ2) is 8.24. The van der Waals surface area contributed by atoms with Crippen molar-refractivity contribution >= 4 is 5.97 Å². The van der Waals surface area contributed by atoms with Gasteiger partial charge in [0, 0.05) is 37.9 Å². The number of halogens is 1. The monoisotopic (exact) mass is 302 g/mol. The molecule has 1 aromatic carbocycles. The number of aromatic nitrogens is 1. The fraction of sp³-hybridized carbons (Fsp3) is 0.294. The van der Waals surface area contributed by atoms with Gasteiger partial charge in [0.25, 0.3) is 0 Å². The zero-order valence-corrected chi connectivity index (χ0v) is 12.3. The lowest BCUT2D eigenvalue weighted by Crippen LogP contribution is -2.28. The first-order valence-corrected chi connectivity index (χ1v) is 7.22. The first-order chi connectivity index (χ1) is 10.6. The van der Waals surface area contributed by atoms with Gasteiger partial charge in [0.2, 0.25) is 0 Å².